The van der Waals surface area contributed by atoms with Crippen molar-refractivity contribution >= 4 is 5.97 Å². The molecule has 6 nitrogen and oxygen atoms in total. The highest BCUT2D eigenvalue weighted by molar-refractivity contribution is 5.73. The highest BCUT2D eigenvalue weighted by Crippen LogP contribution is 2.37. The minimum Gasteiger partial charge on any atom is -0.481 e. The van der Waals surface area contributed by atoms with Crippen LogP contribution in [-0.2, 0) is 10.3 Å². The van der Waals surface area contributed by atoms with E-state index in [9.17, 15) is 9.90 Å². The van der Waals surface area contributed by atoms with Crippen LogP contribution in [0.15, 0.2) is 90.0 Å². The molecule has 0 saturated heterocycles. The molecule has 0 heterocycles. The monoisotopic (exact) mass is 428 g/mol. The molecule has 164 valence electrons. The summed E-state index contributed by atoms with van der Waals surface area (Å²) in [7, 11) is 0. The fourth-order valence-corrected chi connectivity index (χ4v) is 4.02. The lowest BCUT2D eigenvalue weighted by atomic mass is 9.76. The molecule has 0 radical (unpaired) electrons. The summed E-state index contributed by atoms with van der Waals surface area (Å²) >= 11 is 0. The van der Waals surface area contributed by atoms with Crippen molar-refractivity contribution < 1.29 is 9.90 Å². The number of hydrogen-bond donors (Lipinski definition) is 2. The lowest BCUT2D eigenvalue weighted by Crippen LogP contribution is -2.45. The maximum absolute atomic E-state index is 11.2. The summed E-state index contributed by atoms with van der Waals surface area (Å²) < 4.78 is 0. The fraction of sp³-hybridized carbons (Fsp3) is 0.269. The van der Waals surface area contributed by atoms with Gasteiger partial charge in [0.2, 0.25) is 0 Å². The van der Waals surface area contributed by atoms with Crippen molar-refractivity contribution in [2.24, 2.45) is 5.11 Å². The molecule has 2 N–H and O–H groups in total. The third-order valence-corrected chi connectivity index (χ3v) is 5.67. The van der Waals surface area contributed by atoms with Gasteiger partial charge in [0.05, 0.1) is 5.54 Å². The maximum atomic E-state index is 11.2. The van der Waals surface area contributed by atoms with Gasteiger partial charge in [-0.1, -0.05) is 102 Å². The Kier molecular flexibility index (Phi) is 8.03. The van der Waals surface area contributed by atoms with E-state index in [-0.39, 0.29) is 0 Å². The van der Waals surface area contributed by atoms with Gasteiger partial charge in [-0.15, -0.1) is 0 Å². The molecule has 0 unspecified atom stereocenters. The number of rotatable bonds is 11. The van der Waals surface area contributed by atoms with E-state index < -0.39 is 17.6 Å². The van der Waals surface area contributed by atoms with E-state index in [2.05, 4.69) is 70.8 Å². The van der Waals surface area contributed by atoms with Crippen molar-refractivity contribution in [3.63, 3.8) is 0 Å². The lowest BCUT2D eigenvalue weighted by Gasteiger charge is -2.37. The molecule has 0 amide bonds. The molecule has 0 bridgehead atoms. The van der Waals surface area contributed by atoms with Crippen LogP contribution in [0.4, 0.5) is 0 Å². The van der Waals surface area contributed by atoms with E-state index in [1.807, 2.05) is 36.4 Å². The van der Waals surface area contributed by atoms with Gasteiger partial charge in [-0.2, -0.15) is 0 Å². The highest BCUT2D eigenvalue weighted by atomic mass is 16.4. The SMILES string of the molecule is Cc1ccc(C(NCCCC[C@H](N=[N+]=[N-])C(=O)O)(c2ccccc2)c2ccccc2)cc1. The number of aryl methyl sites for hydroxylation is 1. The average Bonchev–Trinajstić information content (AvgIpc) is 2.82. The summed E-state index contributed by atoms with van der Waals surface area (Å²) in [6, 6.07) is 28.2. The number of azide groups is 1. The number of aliphatic carboxylic acids is 1. The van der Waals surface area contributed by atoms with Crippen molar-refractivity contribution in [1.82, 2.24) is 5.32 Å². The largest absolute Gasteiger partial charge is 0.481 e. The second-order valence-electron chi connectivity index (χ2n) is 7.83. The van der Waals surface area contributed by atoms with E-state index in [4.69, 9.17) is 5.53 Å². The smallest absolute Gasteiger partial charge is 0.312 e. The molecule has 0 aliphatic carbocycles. The van der Waals surface area contributed by atoms with Crippen LogP contribution in [-0.4, -0.2) is 23.7 Å². The first-order chi connectivity index (χ1) is 15.6. The Hall–Kier alpha value is -3.60. The van der Waals surface area contributed by atoms with E-state index in [0.29, 0.717) is 19.4 Å². The van der Waals surface area contributed by atoms with Gasteiger partial charge in [0.25, 0.3) is 0 Å². The third-order valence-electron chi connectivity index (χ3n) is 5.67. The first-order valence-electron chi connectivity index (χ1n) is 10.8. The van der Waals surface area contributed by atoms with Gasteiger partial charge in [0.1, 0.15) is 6.04 Å². The van der Waals surface area contributed by atoms with Crippen LogP contribution in [0.1, 0.15) is 41.5 Å². The summed E-state index contributed by atoms with van der Waals surface area (Å²) in [5.74, 6) is -1.08. The highest BCUT2D eigenvalue weighted by Gasteiger charge is 2.35. The molecule has 3 rings (SSSR count). The summed E-state index contributed by atoms with van der Waals surface area (Å²) in [5.41, 5.74) is 12.6. The molecule has 0 aliphatic rings. The number of unbranched alkanes of at least 4 members (excludes halogenated alkanes) is 1. The summed E-state index contributed by atoms with van der Waals surface area (Å²) in [6.45, 7) is 2.74. The molecule has 6 heteroatoms. The van der Waals surface area contributed by atoms with Crippen LogP contribution in [0, 0.1) is 6.92 Å². The van der Waals surface area contributed by atoms with Crippen molar-refractivity contribution in [3.05, 3.63) is 118 Å². The number of carbonyl (C=O) groups is 1. The lowest BCUT2D eigenvalue weighted by molar-refractivity contribution is -0.138. The zero-order valence-corrected chi connectivity index (χ0v) is 18.2. The number of carboxylic acids is 1. The second-order valence-corrected chi connectivity index (χ2v) is 7.83. The molecular formula is C26H28N4O2. The third kappa shape index (κ3) is 5.35. The number of carboxylic acid groups (broad SMARTS) is 1. The van der Waals surface area contributed by atoms with Gasteiger partial charge in [0, 0.05) is 4.91 Å². The van der Waals surface area contributed by atoms with Crippen molar-refractivity contribution in [2.45, 2.75) is 37.8 Å². The first kappa shape index (κ1) is 23.1. The Labute approximate surface area is 188 Å². The predicted octanol–water partition coefficient (Wildman–Crippen LogP) is 5.81. The van der Waals surface area contributed by atoms with Crippen molar-refractivity contribution in [3.8, 4) is 0 Å². The molecule has 0 saturated carbocycles. The van der Waals surface area contributed by atoms with E-state index >= 15 is 0 Å². The number of nitrogens with zero attached hydrogens (tertiary/aromatic N) is 3. The van der Waals surface area contributed by atoms with Crippen molar-refractivity contribution in [1.29, 1.82) is 0 Å². The Morgan fingerprint density at radius 2 is 1.47 bits per heavy atom. The van der Waals surface area contributed by atoms with Gasteiger partial charge in [-0.25, -0.2) is 0 Å². The zero-order chi connectivity index (χ0) is 22.8. The number of hydrogen-bond acceptors (Lipinski definition) is 3. The maximum Gasteiger partial charge on any atom is 0.312 e. The van der Waals surface area contributed by atoms with Gasteiger partial charge in [-0.05, 0) is 48.5 Å². The second kappa shape index (κ2) is 11.1. The van der Waals surface area contributed by atoms with E-state index in [1.54, 1.807) is 0 Å². The molecule has 0 aromatic heterocycles. The van der Waals surface area contributed by atoms with E-state index in [1.165, 1.54) is 5.56 Å². The van der Waals surface area contributed by atoms with Gasteiger partial charge >= 0.3 is 5.97 Å². The standard InChI is InChI=1S/C26H28N4O2/c1-20-15-17-23(18-16-20)26(21-10-4-2-5-11-21,22-12-6-3-7-13-22)28-19-9-8-14-24(25(31)32)29-30-27/h2-7,10-13,15-18,24,28H,8-9,14,19H2,1H3,(H,31,32)/t24-/m0/s1. The number of nitrogens with one attached hydrogen (secondary N) is 1. The minimum atomic E-state index is -1.08. The molecule has 0 fully saturated rings. The van der Waals surface area contributed by atoms with Crippen LogP contribution in [0.5, 0.6) is 0 Å². The van der Waals surface area contributed by atoms with Gasteiger partial charge < -0.3 is 5.11 Å². The van der Waals surface area contributed by atoms with E-state index in [0.717, 1.165) is 23.1 Å². The topological polar surface area (TPSA) is 98.1 Å². The summed E-state index contributed by atoms with van der Waals surface area (Å²) in [6.07, 6.45) is 1.70. The average molecular weight is 429 g/mol. The molecule has 32 heavy (non-hydrogen) atoms. The van der Waals surface area contributed by atoms with Crippen LogP contribution in [0.3, 0.4) is 0 Å². The Balaban J connectivity index is 1.91. The Morgan fingerprint density at radius 3 is 1.97 bits per heavy atom. The Bertz CT molecular complexity index is 1000. The van der Waals surface area contributed by atoms with Crippen LogP contribution in [0.25, 0.3) is 10.4 Å². The quantitative estimate of drug-likeness (QED) is 0.133. The predicted molar refractivity (Wildman–Crippen MR) is 126 cm³/mol. The van der Waals surface area contributed by atoms with Crippen LogP contribution < -0.4 is 5.32 Å². The van der Waals surface area contributed by atoms with Crippen LogP contribution >= 0.6 is 0 Å². The molecule has 1 atom stereocenters. The Morgan fingerprint density at radius 1 is 0.938 bits per heavy atom. The van der Waals surface area contributed by atoms with Crippen molar-refractivity contribution in [2.75, 3.05) is 6.54 Å². The van der Waals surface area contributed by atoms with Crippen LogP contribution in [0.2, 0.25) is 0 Å². The minimum absolute atomic E-state index is 0.315. The first-order valence-corrected chi connectivity index (χ1v) is 10.8. The fourth-order valence-electron chi connectivity index (χ4n) is 4.02. The van der Waals surface area contributed by atoms with Gasteiger partial charge in [-0.3, -0.25) is 10.1 Å². The molecule has 0 aliphatic heterocycles. The number of benzene rings is 3. The molecule has 3 aromatic rings. The molecule has 3 aromatic carbocycles. The summed E-state index contributed by atoms with van der Waals surface area (Å²) in [4.78, 5) is 13.9. The molecule has 0 spiro atoms. The zero-order valence-electron chi connectivity index (χ0n) is 18.2. The normalized spacial score (nSPS) is 12.0. The van der Waals surface area contributed by atoms with Gasteiger partial charge in [0.15, 0.2) is 0 Å². The molecular weight excluding hydrogens is 400 g/mol. The summed E-state index contributed by atoms with van der Waals surface area (Å²) in [5, 5.41) is 16.3.